The van der Waals surface area contributed by atoms with Gasteiger partial charge in [-0.15, -0.1) is 0 Å². The molecule has 1 aliphatic heterocycles. The van der Waals surface area contributed by atoms with Crippen LogP contribution in [0, 0.1) is 0 Å². The molecule has 1 N–H and O–H groups in total. The minimum Gasteiger partial charge on any atom is -0.394 e. The summed E-state index contributed by atoms with van der Waals surface area (Å²) >= 11 is -0.107. The van der Waals surface area contributed by atoms with E-state index >= 15 is 0 Å². The van der Waals surface area contributed by atoms with Crippen LogP contribution < -0.4 is 0 Å². The van der Waals surface area contributed by atoms with Crippen molar-refractivity contribution in [3.8, 4) is 0 Å². The van der Waals surface area contributed by atoms with Gasteiger partial charge in [-0.3, -0.25) is 4.90 Å². The van der Waals surface area contributed by atoms with Crippen molar-refractivity contribution < 1.29 is 23.0 Å². The number of hydrogen-bond donors (Lipinski definition) is 1. The average molecular weight is 321 g/mol. The summed E-state index contributed by atoms with van der Waals surface area (Å²) in [5.74, 6) is 0. The molecule has 3 nitrogen and oxygen atoms in total. The molecule has 0 saturated carbocycles. The van der Waals surface area contributed by atoms with Crippen LogP contribution in [-0.4, -0.2) is 47.4 Å². The predicted molar refractivity (Wildman–Crippen MR) is 75.1 cm³/mol. The number of aliphatic hydroxyl groups is 1. The van der Waals surface area contributed by atoms with Crippen molar-refractivity contribution in [3.05, 3.63) is 29.8 Å². The van der Waals surface area contributed by atoms with E-state index in [0.29, 0.717) is 19.7 Å². The Labute approximate surface area is 126 Å². The first-order valence-corrected chi connectivity index (χ1v) is 7.50. The third-order valence-corrected chi connectivity index (χ3v) is 4.12. The summed E-state index contributed by atoms with van der Waals surface area (Å²) in [6, 6.07) is 6.62. The fourth-order valence-corrected chi connectivity index (χ4v) is 2.78. The zero-order valence-electron chi connectivity index (χ0n) is 11.6. The number of rotatable bonds is 4. The first-order valence-electron chi connectivity index (χ1n) is 6.68. The Morgan fingerprint density at radius 2 is 2.00 bits per heavy atom. The molecule has 0 bridgehead atoms. The lowest BCUT2D eigenvalue weighted by Crippen LogP contribution is -2.48. The first kappa shape index (κ1) is 16.6. The molecule has 1 aliphatic rings. The molecule has 1 saturated heterocycles. The van der Waals surface area contributed by atoms with Crippen LogP contribution in [0.3, 0.4) is 0 Å². The summed E-state index contributed by atoms with van der Waals surface area (Å²) in [6.45, 7) is 3.81. The normalized spacial score (nSPS) is 24.2. The van der Waals surface area contributed by atoms with Crippen molar-refractivity contribution in [2.75, 3.05) is 19.8 Å². The van der Waals surface area contributed by atoms with Crippen molar-refractivity contribution in [2.24, 2.45) is 0 Å². The van der Waals surface area contributed by atoms with Gasteiger partial charge in [-0.25, -0.2) is 0 Å². The summed E-state index contributed by atoms with van der Waals surface area (Å²) in [5.41, 5.74) is -3.30. The molecule has 1 heterocycles. The van der Waals surface area contributed by atoms with Crippen molar-refractivity contribution in [1.29, 1.82) is 0 Å². The van der Waals surface area contributed by atoms with Gasteiger partial charge in [-0.1, -0.05) is 12.1 Å². The van der Waals surface area contributed by atoms with E-state index in [-0.39, 0.29) is 35.4 Å². The minimum absolute atomic E-state index is 0.0234. The molecular formula is C14H18F3NO2S. The van der Waals surface area contributed by atoms with Crippen LogP contribution >= 0.6 is 11.8 Å². The average Bonchev–Trinajstić information content (AvgIpc) is 2.42. The molecule has 0 radical (unpaired) electrons. The highest BCUT2D eigenvalue weighted by atomic mass is 32.2. The zero-order valence-corrected chi connectivity index (χ0v) is 12.5. The molecule has 0 amide bonds. The third kappa shape index (κ3) is 5.18. The Bertz CT molecular complexity index is 453. The van der Waals surface area contributed by atoms with E-state index in [1.165, 1.54) is 12.1 Å². The number of morpholine rings is 1. The molecular weight excluding hydrogens is 303 g/mol. The van der Waals surface area contributed by atoms with Crippen molar-refractivity contribution >= 4 is 11.8 Å². The van der Waals surface area contributed by atoms with Crippen molar-refractivity contribution in [1.82, 2.24) is 4.90 Å². The maximum absolute atomic E-state index is 12.3. The quantitative estimate of drug-likeness (QED) is 0.865. The number of alkyl halides is 3. The molecule has 0 spiro atoms. The van der Waals surface area contributed by atoms with Gasteiger partial charge < -0.3 is 9.84 Å². The molecule has 2 atom stereocenters. The van der Waals surface area contributed by atoms with Crippen LogP contribution in [0.5, 0.6) is 0 Å². The molecule has 7 heteroatoms. The van der Waals surface area contributed by atoms with Gasteiger partial charge in [0.05, 0.1) is 19.3 Å². The van der Waals surface area contributed by atoms with Gasteiger partial charge in [0.2, 0.25) is 0 Å². The highest BCUT2D eigenvalue weighted by molar-refractivity contribution is 8.00. The number of hydrogen-bond acceptors (Lipinski definition) is 4. The maximum Gasteiger partial charge on any atom is 0.446 e. The maximum atomic E-state index is 12.3. The fraction of sp³-hybridized carbons (Fsp3) is 0.571. The van der Waals surface area contributed by atoms with Crippen LogP contribution in [0.4, 0.5) is 13.2 Å². The molecule has 21 heavy (non-hydrogen) atoms. The van der Waals surface area contributed by atoms with E-state index < -0.39 is 5.51 Å². The number of nitrogens with zero attached hydrogens (tertiary/aromatic N) is 1. The smallest absolute Gasteiger partial charge is 0.394 e. The number of halogens is 3. The second-order valence-corrected chi connectivity index (χ2v) is 6.25. The second-order valence-electron chi connectivity index (χ2n) is 5.11. The highest BCUT2D eigenvalue weighted by Crippen LogP contribution is 2.36. The summed E-state index contributed by atoms with van der Waals surface area (Å²) < 4.78 is 42.3. The van der Waals surface area contributed by atoms with Crippen molar-refractivity contribution in [3.63, 3.8) is 0 Å². The Morgan fingerprint density at radius 1 is 1.33 bits per heavy atom. The van der Waals surface area contributed by atoms with E-state index in [1.54, 1.807) is 12.1 Å². The van der Waals surface area contributed by atoms with E-state index in [0.717, 1.165) is 5.56 Å². The van der Waals surface area contributed by atoms with Crippen LogP contribution in [-0.2, 0) is 11.3 Å². The highest BCUT2D eigenvalue weighted by Gasteiger charge is 2.29. The Hall–Kier alpha value is -0.760. The van der Waals surface area contributed by atoms with Gasteiger partial charge in [0.1, 0.15) is 0 Å². The standard InChI is InChI=1S/C14H18F3NO2S/c1-10-9-20-12(8-19)7-18(10)6-11-2-4-13(5-3-11)21-14(15,16)17/h2-5,10,12,19H,6-9H2,1H3. The summed E-state index contributed by atoms with van der Waals surface area (Å²) in [7, 11) is 0. The SMILES string of the molecule is CC1COC(CO)CN1Cc1ccc(SC(F)(F)F)cc1. The lowest BCUT2D eigenvalue weighted by atomic mass is 10.1. The fourth-order valence-electron chi connectivity index (χ4n) is 2.24. The van der Waals surface area contributed by atoms with E-state index in [4.69, 9.17) is 9.84 Å². The van der Waals surface area contributed by atoms with Crippen LogP contribution in [0.1, 0.15) is 12.5 Å². The molecule has 2 rings (SSSR count). The van der Waals surface area contributed by atoms with Gasteiger partial charge in [0, 0.05) is 24.0 Å². The molecule has 2 unspecified atom stereocenters. The number of aliphatic hydroxyl groups excluding tert-OH is 1. The van der Waals surface area contributed by atoms with Gasteiger partial charge in [-0.2, -0.15) is 13.2 Å². The van der Waals surface area contributed by atoms with Gasteiger partial charge in [-0.05, 0) is 36.4 Å². The second kappa shape index (κ2) is 7.00. The lowest BCUT2D eigenvalue weighted by Gasteiger charge is -2.37. The molecule has 1 aromatic rings. The van der Waals surface area contributed by atoms with E-state index in [2.05, 4.69) is 4.90 Å². The van der Waals surface area contributed by atoms with Gasteiger partial charge in [0.15, 0.2) is 0 Å². The van der Waals surface area contributed by atoms with Crippen LogP contribution in [0.25, 0.3) is 0 Å². The Kier molecular flexibility index (Phi) is 5.54. The number of thioether (sulfide) groups is 1. The Balaban J connectivity index is 1.96. The van der Waals surface area contributed by atoms with Gasteiger partial charge >= 0.3 is 5.51 Å². The van der Waals surface area contributed by atoms with E-state index in [9.17, 15) is 13.2 Å². The number of benzene rings is 1. The lowest BCUT2D eigenvalue weighted by molar-refractivity contribution is -0.0805. The summed E-state index contributed by atoms with van der Waals surface area (Å²) in [4.78, 5) is 2.35. The molecule has 0 aliphatic carbocycles. The molecule has 118 valence electrons. The monoisotopic (exact) mass is 321 g/mol. The summed E-state index contributed by atoms with van der Waals surface area (Å²) in [5, 5.41) is 9.14. The largest absolute Gasteiger partial charge is 0.446 e. The molecule has 1 fully saturated rings. The van der Waals surface area contributed by atoms with E-state index in [1.807, 2.05) is 6.92 Å². The number of ether oxygens (including phenoxy) is 1. The van der Waals surface area contributed by atoms with Gasteiger partial charge in [0.25, 0.3) is 0 Å². The minimum atomic E-state index is -4.26. The Morgan fingerprint density at radius 3 is 2.57 bits per heavy atom. The van der Waals surface area contributed by atoms with Crippen LogP contribution in [0.15, 0.2) is 29.2 Å². The third-order valence-electron chi connectivity index (χ3n) is 3.38. The molecule has 0 aromatic heterocycles. The zero-order chi connectivity index (χ0) is 15.5. The molecule has 1 aromatic carbocycles. The van der Waals surface area contributed by atoms with Crippen LogP contribution in [0.2, 0.25) is 0 Å². The topological polar surface area (TPSA) is 32.7 Å². The van der Waals surface area contributed by atoms with Crippen molar-refractivity contribution in [2.45, 2.75) is 36.0 Å². The predicted octanol–water partition coefficient (Wildman–Crippen LogP) is 2.88. The first-order chi connectivity index (χ1) is 9.87. The summed E-state index contributed by atoms with van der Waals surface area (Å²) in [6.07, 6.45) is -0.193.